The smallest absolute Gasteiger partial charge is 0.426 e. The van der Waals surface area contributed by atoms with Crippen LogP contribution in [0, 0.1) is 0 Å². The molecule has 1 saturated heterocycles. The molecule has 2 N–H and O–H groups in total. The molecule has 0 aromatic heterocycles. The van der Waals surface area contributed by atoms with Crippen LogP contribution in [0.4, 0.5) is 0 Å². The van der Waals surface area contributed by atoms with Crippen LogP contribution in [0.2, 0.25) is 0 Å². The number of hydrogen-bond acceptors (Lipinski definition) is 3. The number of hydrogen-bond donors (Lipinski definition) is 2. The summed E-state index contributed by atoms with van der Waals surface area (Å²) in [5.41, 5.74) is 0. The average molecular weight is 129 g/mol. The van der Waals surface area contributed by atoms with Gasteiger partial charge in [0, 0.05) is 5.94 Å². The minimum Gasteiger partial charge on any atom is -0.426 e. The fourth-order valence-corrected chi connectivity index (χ4v) is 1.31. The van der Waals surface area contributed by atoms with Crippen LogP contribution < -0.4 is 0 Å². The summed E-state index contributed by atoms with van der Waals surface area (Å²) in [5, 5.41) is 17.5. The zero-order chi connectivity index (χ0) is 6.85. The zero-order valence-electron chi connectivity index (χ0n) is 5.62. The van der Waals surface area contributed by atoms with Crippen molar-refractivity contribution < 1.29 is 10.0 Å². The van der Waals surface area contributed by atoms with Crippen molar-refractivity contribution in [3.05, 3.63) is 0 Å². The minimum atomic E-state index is -1.16. The van der Waals surface area contributed by atoms with Crippen molar-refractivity contribution >= 4 is 7.12 Å². The van der Waals surface area contributed by atoms with E-state index in [0.29, 0.717) is 0 Å². The van der Waals surface area contributed by atoms with Gasteiger partial charge in [0.25, 0.3) is 0 Å². The van der Waals surface area contributed by atoms with Gasteiger partial charge in [-0.3, -0.25) is 0 Å². The maximum atomic E-state index is 8.74. The fraction of sp³-hybridized carbons (Fsp3) is 1.00. The lowest BCUT2D eigenvalue weighted by Crippen LogP contribution is -2.39. The molecule has 1 atom stereocenters. The van der Waals surface area contributed by atoms with Crippen molar-refractivity contribution in [3.63, 3.8) is 0 Å². The number of likely N-dealkylation sites (tertiary alicyclic amines) is 1. The summed E-state index contributed by atoms with van der Waals surface area (Å²) in [6.45, 7) is 0.988. The van der Waals surface area contributed by atoms with Gasteiger partial charge in [0.05, 0.1) is 0 Å². The first-order valence-electron chi connectivity index (χ1n) is 3.28. The van der Waals surface area contributed by atoms with Gasteiger partial charge in [-0.2, -0.15) is 0 Å². The third-order valence-electron chi connectivity index (χ3n) is 1.92. The Labute approximate surface area is 55.4 Å². The summed E-state index contributed by atoms with van der Waals surface area (Å²) in [4.78, 5) is 1.98. The molecule has 0 amide bonds. The van der Waals surface area contributed by atoms with Crippen LogP contribution >= 0.6 is 0 Å². The molecule has 0 saturated carbocycles. The van der Waals surface area contributed by atoms with Crippen molar-refractivity contribution in [2.75, 3.05) is 13.6 Å². The zero-order valence-corrected chi connectivity index (χ0v) is 5.62. The van der Waals surface area contributed by atoms with Crippen LogP contribution in [0.15, 0.2) is 0 Å². The molecule has 1 fully saturated rings. The van der Waals surface area contributed by atoms with E-state index in [1.54, 1.807) is 0 Å². The monoisotopic (exact) mass is 129 g/mol. The Morgan fingerprint density at radius 3 is 2.44 bits per heavy atom. The minimum absolute atomic E-state index is 0.0231. The molecular weight excluding hydrogens is 117 g/mol. The highest BCUT2D eigenvalue weighted by atomic mass is 16.4. The van der Waals surface area contributed by atoms with Crippen LogP contribution in [-0.2, 0) is 0 Å². The van der Waals surface area contributed by atoms with Gasteiger partial charge < -0.3 is 14.9 Å². The third-order valence-corrected chi connectivity index (χ3v) is 1.92. The Kier molecular flexibility index (Phi) is 2.11. The SMILES string of the molecule is CN1CCCC1B(O)O. The van der Waals surface area contributed by atoms with E-state index in [1.165, 1.54) is 0 Å². The Morgan fingerprint density at radius 1 is 1.56 bits per heavy atom. The predicted octanol–water partition coefficient (Wildman–Crippen LogP) is -0.907. The van der Waals surface area contributed by atoms with Crippen LogP contribution in [0.3, 0.4) is 0 Å². The molecule has 1 unspecified atom stereocenters. The highest BCUT2D eigenvalue weighted by molar-refractivity contribution is 6.43. The second-order valence-electron chi connectivity index (χ2n) is 2.60. The van der Waals surface area contributed by atoms with Gasteiger partial charge >= 0.3 is 7.12 Å². The third kappa shape index (κ3) is 1.44. The second-order valence-corrected chi connectivity index (χ2v) is 2.60. The quantitative estimate of drug-likeness (QED) is 0.450. The predicted molar refractivity (Wildman–Crippen MR) is 35.8 cm³/mol. The maximum absolute atomic E-state index is 8.74. The molecule has 1 heterocycles. The van der Waals surface area contributed by atoms with Gasteiger partial charge in [-0.15, -0.1) is 0 Å². The van der Waals surface area contributed by atoms with Crippen molar-refractivity contribution in [1.82, 2.24) is 4.90 Å². The molecule has 0 radical (unpaired) electrons. The van der Waals surface area contributed by atoms with Crippen molar-refractivity contribution in [3.8, 4) is 0 Å². The largest absolute Gasteiger partial charge is 0.469 e. The van der Waals surface area contributed by atoms with Crippen LogP contribution in [0.1, 0.15) is 12.8 Å². The van der Waals surface area contributed by atoms with Crippen molar-refractivity contribution in [2.24, 2.45) is 0 Å². The van der Waals surface area contributed by atoms with Gasteiger partial charge in [-0.05, 0) is 26.4 Å². The molecule has 1 rings (SSSR count). The lowest BCUT2D eigenvalue weighted by molar-refractivity contribution is 0.297. The normalized spacial score (nSPS) is 29.0. The lowest BCUT2D eigenvalue weighted by Gasteiger charge is -2.17. The Balaban J connectivity index is 2.40. The van der Waals surface area contributed by atoms with E-state index in [1.807, 2.05) is 11.9 Å². The fourth-order valence-electron chi connectivity index (χ4n) is 1.31. The second kappa shape index (κ2) is 2.69. The maximum Gasteiger partial charge on any atom is 0.469 e. The summed E-state index contributed by atoms with van der Waals surface area (Å²) in [7, 11) is 0.759. The van der Waals surface area contributed by atoms with Crippen molar-refractivity contribution in [2.45, 2.75) is 18.8 Å². The molecule has 3 nitrogen and oxygen atoms in total. The van der Waals surface area contributed by atoms with Crippen molar-refractivity contribution in [1.29, 1.82) is 0 Å². The highest BCUT2D eigenvalue weighted by Gasteiger charge is 2.30. The summed E-state index contributed by atoms with van der Waals surface area (Å²) in [6.07, 6.45) is 1.99. The Bertz CT molecular complexity index is 99.0. The Morgan fingerprint density at radius 2 is 2.22 bits per heavy atom. The standard InChI is InChI=1S/C5H12BNO2/c1-7-4-2-3-5(7)6(8)9/h5,8-9H,2-4H2,1H3. The summed E-state index contributed by atoms with van der Waals surface area (Å²) in [5.74, 6) is -0.0231. The van der Waals surface area contributed by atoms with E-state index < -0.39 is 7.12 Å². The van der Waals surface area contributed by atoms with E-state index in [9.17, 15) is 0 Å². The summed E-state index contributed by atoms with van der Waals surface area (Å²) >= 11 is 0. The number of rotatable bonds is 1. The first-order chi connectivity index (χ1) is 4.22. The average Bonchev–Trinajstić information content (AvgIpc) is 2.13. The van der Waals surface area contributed by atoms with Gasteiger partial charge in [0.2, 0.25) is 0 Å². The van der Waals surface area contributed by atoms with E-state index in [-0.39, 0.29) is 5.94 Å². The molecule has 1 aliphatic rings. The molecule has 0 aliphatic carbocycles. The molecule has 0 aromatic rings. The lowest BCUT2D eigenvalue weighted by atomic mass is 9.78. The van der Waals surface area contributed by atoms with Gasteiger partial charge in [0.15, 0.2) is 0 Å². The van der Waals surface area contributed by atoms with E-state index in [4.69, 9.17) is 10.0 Å². The topological polar surface area (TPSA) is 43.7 Å². The molecule has 52 valence electrons. The summed E-state index contributed by atoms with van der Waals surface area (Å²) in [6, 6.07) is 0. The van der Waals surface area contributed by atoms with Gasteiger partial charge in [-0.1, -0.05) is 0 Å². The van der Waals surface area contributed by atoms with Gasteiger partial charge in [-0.25, -0.2) is 0 Å². The Hall–Kier alpha value is -0.0551. The van der Waals surface area contributed by atoms with Crippen LogP contribution in [-0.4, -0.2) is 41.6 Å². The molecule has 0 aromatic carbocycles. The summed E-state index contributed by atoms with van der Waals surface area (Å²) < 4.78 is 0. The van der Waals surface area contributed by atoms with Crippen LogP contribution in [0.5, 0.6) is 0 Å². The molecule has 9 heavy (non-hydrogen) atoms. The van der Waals surface area contributed by atoms with E-state index in [0.717, 1.165) is 19.4 Å². The molecular formula is C5H12BNO2. The first-order valence-corrected chi connectivity index (χ1v) is 3.28. The van der Waals surface area contributed by atoms with E-state index in [2.05, 4.69) is 0 Å². The molecule has 0 spiro atoms. The van der Waals surface area contributed by atoms with Gasteiger partial charge in [0.1, 0.15) is 0 Å². The molecule has 0 bridgehead atoms. The van der Waals surface area contributed by atoms with Crippen LogP contribution in [0.25, 0.3) is 0 Å². The van der Waals surface area contributed by atoms with E-state index >= 15 is 0 Å². The number of nitrogens with zero attached hydrogens (tertiary/aromatic N) is 1. The highest BCUT2D eigenvalue weighted by Crippen LogP contribution is 2.14. The molecule has 1 aliphatic heterocycles. The first kappa shape index (κ1) is 7.06. The molecule has 4 heteroatoms.